The van der Waals surface area contributed by atoms with Crippen LogP contribution < -0.4 is 10.6 Å². The molecule has 0 amide bonds. The Morgan fingerprint density at radius 3 is 2.79 bits per heavy atom. The van der Waals surface area contributed by atoms with Crippen molar-refractivity contribution in [2.45, 2.75) is 13.5 Å². The van der Waals surface area contributed by atoms with Crippen molar-refractivity contribution in [2.24, 2.45) is 5.73 Å². The third kappa shape index (κ3) is 3.37. The molecule has 0 radical (unpaired) electrons. The summed E-state index contributed by atoms with van der Waals surface area (Å²) < 4.78 is 0. The Morgan fingerprint density at radius 1 is 1.26 bits per heavy atom. The molecule has 0 unspecified atom stereocenters. The largest absolute Gasteiger partial charge is 0.369 e. The second kappa shape index (κ2) is 6.42. The zero-order valence-corrected chi connectivity index (χ0v) is 12.1. The fraction of sp³-hybridized carbons (Fsp3) is 0.250. The van der Waals surface area contributed by atoms with Gasteiger partial charge in [-0.15, -0.1) is 11.3 Å². The first kappa shape index (κ1) is 13.7. The van der Waals surface area contributed by atoms with Gasteiger partial charge in [-0.25, -0.2) is 0 Å². The van der Waals surface area contributed by atoms with Gasteiger partial charge >= 0.3 is 0 Å². The molecule has 0 saturated heterocycles. The van der Waals surface area contributed by atoms with Crippen LogP contribution >= 0.6 is 11.3 Å². The first-order valence-corrected chi connectivity index (χ1v) is 7.12. The number of hydrogen-bond acceptors (Lipinski definition) is 3. The van der Waals surface area contributed by atoms with Gasteiger partial charge in [0.15, 0.2) is 0 Å². The summed E-state index contributed by atoms with van der Waals surface area (Å²) in [6.45, 7) is 3.41. The Balaban J connectivity index is 2.18. The molecule has 2 aromatic rings. The van der Waals surface area contributed by atoms with Crippen molar-refractivity contribution in [3.63, 3.8) is 0 Å². The zero-order chi connectivity index (χ0) is 13.7. The number of benzene rings is 1. The standard InChI is InChI=1S/C16H18N2S/c1-13-6-3-4-8-15(13)18(2)12-16-14(7-5-10-17)9-11-19-16/h3-4,6,8-9,11H,10,12,17H2,1-2H3. The van der Waals surface area contributed by atoms with Crippen LogP contribution in [0.2, 0.25) is 0 Å². The Morgan fingerprint density at radius 2 is 2.05 bits per heavy atom. The van der Waals surface area contributed by atoms with Crippen LogP contribution in [-0.2, 0) is 6.54 Å². The van der Waals surface area contributed by atoms with E-state index in [4.69, 9.17) is 5.73 Å². The zero-order valence-electron chi connectivity index (χ0n) is 11.3. The maximum atomic E-state index is 5.43. The smallest absolute Gasteiger partial charge is 0.0555 e. The van der Waals surface area contributed by atoms with Gasteiger partial charge in [0.25, 0.3) is 0 Å². The van der Waals surface area contributed by atoms with Crippen LogP contribution in [0.25, 0.3) is 0 Å². The van der Waals surface area contributed by atoms with Gasteiger partial charge < -0.3 is 10.6 Å². The monoisotopic (exact) mass is 270 g/mol. The lowest BCUT2D eigenvalue weighted by Crippen LogP contribution is -2.17. The predicted molar refractivity (Wildman–Crippen MR) is 83.5 cm³/mol. The van der Waals surface area contributed by atoms with Crippen molar-refractivity contribution in [3.05, 3.63) is 51.7 Å². The molecule has 1 aromatic heterocycles. The Kier molecular flexibility index (Phi) is 4.62. The van der Waals surface area contributed by atoms with Gasteiger partial charge in [-0.3, -0.25) is 0 Å². The van der Waals surface area contributed by atoms with Crippen molar-refractivity contribution in [3.8, 4) is 11.8 Å². The third-order valence-corrected chi connectivity index (χ3v) is 3.88. The quantitative estimate of drug-likeness (QED) is 0.869. The first-order valence-electron chi connectivity index (χ1n) is 6.24. The third-order valence-electron chi connectivity index (χ3n) is 2.98. The summed E-state index contributed by atoms with van der Waals surface area (Å²) in [5.41, 5.74) is 9.07. The highest BCUT2D eigenvalue weighted by Gasteiger charge is 2.08. The van der Waals surface area contributed by atoms with Crippen LogP contribution in [0.4, 0.5) is 5.69 Å². The normalized spacial score (nSPS) is 9.84. The summed E-state index contributed by atoms with van der Waals surface area (Å²) in [6, 6.07) is 10.5. The molecule has 0 saturated carbocycles. The van der Waals surface area contributed by atoms with Crippen molar-refractivity contribution in [1.29, 1.82) is 0 Å². The van der Waals surface area contributed by atoms with Gasteiger partial charge in [0.1, 0.15) is 0 Å². The highest BCUT2D eigenvalue weighted by Crippen LogP contribution is 2.23. The SMILES string of the molecule is Cc1ccccc1N(C)Cc1sccc1C#CCN. The van der Waals surface area contributed by atoms with Crippen molar-refractivity contribution >= 4 is 17.0 Å². The molecule has 0 atom stereocenters. The summed E-state index contributed by atoms with van der Waals surface area (Å²) in [6.07, 6.45) is 0. The van der Waals surface area contributed by atoms with Crippen LogP contribution in [0.5, 0.6) is 0 Å². The molecular weight excluding hydrogens is 252 g/mol. The molecule has 0 aliphatic carbocycles. The van der Waals surface area contributed by atoms with E-state index in [2.05, 4.69) is 66.4 Å². The first-order chi connectivity index (χ1) is 9.22. The van der Waals surface area contributed by atoms with Gasteiger partial charge in [0, 0.05) is 23.2 Å². The van der Waals surface area contributed by atoms with E-state index in [1.807, 2.05) is 0 Å². The molecule has 1 aromatic carbocycles. The molecule has 2 rings (SSSR count). The number of nitrogens with zero attached hydrogens (tertiary/aromatic N) is 1. The summed E-state index contributed by atoms with van der Waals surface area (Å²) in [7, 11) is 2.11. The summed E-state index contributed by atoms with van der Waals surface area (Å²) in [5.74, 6) is 6.05. The maximum Gasteiger partial charge on any atom is 0.0555 e. The van der Waals surface area contributed by atoms with E-state index in [-0.39, 0.29) is 0 Å². The van der Waals surface area contributed by atoms with E-state index in [0.29, 0.717) is 6.54 Å². The number of aryl methyl sites for hydroxylation is 1. The average Bonchev–Trinajstić information content (AvgIpc) is 2.84. The van der Waals surface area contributed by atoms with Crippen LogP contribution in [0.1, 0.15) is 16.0 Å². The molecule has 0 spiro atoms. The van der Waals surface area contributed by atoms with Crippen molar-refractivity contribution in [2.75, 3.05) is 18.5 Å². The average molecular weight is 270 g/mol. The van der Waals surface area contributed by atoms with Crippen molar-refractivity contribution < 1.29 is 0 Å². The second-order valence-electron chi connectivity index (χ2n) is 4.41. The molecule has 0 aliphatic rings. The molecule has 0 bridgehead atoms. The molecule has 0 aliphatic heterocycles. The highest BCUT2D eigenvalue weighted by atomic mass is 32.1. The van der Waals surface area contributed by atoms with E-state index in [9.17, 15) is 0 Å². The Hall–Kier alpha value is -1.76. The van der Waals surface area contributed by atoms with Crippen LogP contribution in [0, 0.1) is 18.8 Å². The minimum atomic E-state index is 0.406. The molecule has 2 nitrogen and oxygen atoms in total. The number of nitrogens with two attached hydrogens (primary N) is 1. The summed E-state index contributed by atoms with van der Waals surface area (Å²) in [4.78, 5) is 3.54. The molecule has 98 valence electrons. The minimum absolute atomic E-state index is 0.406. The number of anilines is 1. The maximum absolute atomic E-state index is 5.43. The summed E-state index contributed by atoms with van der Waals surface area (Å²) >= 11 is 1.74. The fourth-order valence-corrected chi connectivity index (χ4v) is 2.90. The molecule has 0 fully saturated rings. The molecule has 19 heavy (non-hydrogen) atoms. The van der Waals surface area contributed by atoms with Gasteiger partial charge in [0.2, 0.25) is 0 Å². The van der Waals surface area contributed by atoms with Crippen LogP contribution in [0.15, 0.2) is 35.7 Å². The number of para-hydroxylation sites is 1. The van der Waals surface area contributed by atoms with Crippen LogP contribution in [-0.4, -0.2) is 13.6 Å². The van der Waals surface area contributed by atoms with E-state index >= 15 is 0 Å². The number of thiophene rings is 1. The van der Waals surface area contributed by atoms with E-state index in [0.717, 1.165) is 12.1 Å². The lowest BCUT2D eigenvalue weighted by molar-refractivity contribution is 0.932. The highest BCUT2D eigenvalue weighted by molar-refractivity contribution is 7.10. The molecule has 1 heterocycles. The summed E-state index contributed by atoms with van der Waals surface area (Å²) in [5, 5.41) is 2.08. The minimum Gasteiger partial charge on any atom is -0.369 e. The van der Waals surface area contributed by atoms with Gasteiger partial charge in [-0.05, 0) is 30.0 Å². The van der Waals surface area contributed by atoms with E-state index in [1.165, 1.54) is 16.1 Å². The predicted octanol–water partition coefficient (Wildman–Crippen LogP) is 3.00. The van der Waals surface area contributed by atoms with Gasteiger partial charge in [-0.2, -0.15) is 0 Å². The van der Waals surface area contributed by atoms with Crippen LogP contribution in [0.3, 0.4) is 0 Å². The molecule has 3 heteroatoms. The van der Waals surface area contributed by atoms with E-state index in [1.54, 1.807) is 11.3 Å². The lowest BCUT2D eigenvalue weighted by atomic mass is 10.2. The molecule has 2 N–H and O–H groups in total. The number of hydrogen-bond donors (Lipinski definition) is 1. The van der Waals surface area contributed by atoms with Gasteiger partial charge in [-0.1, -0.05) is 30.0 Å². The topological polar surface area (TPSA) is 29.3 Å². The second-order valence-corrected chi connectivity index (χ2v) is 5.41. The lowest BCUT2D eigenvalue weighted by Gasteiger charge is -2.20. The van der Waals surface area contributed by atoms with E-state index < -0.39 is 0 Å². The molecular formula is C16H18N2S. The fourth-order valence-electron chi connectivity index (χ4n) is 2.01. The Bertz CT molecular complexity index is 604. The Labute approximate surface area is 118 Å². The number of rotatable bonds is 3. The van der Waals surface area contributed by atoms with Gasteiger partial charge in [0.05, 0.1) is 13.1 Å². The van der Waals surface area contributed by atoms with Crippen molar-refractivity contribution in [1.82, 2.24) is 0 Å².